The summed E-state index contributed by atoms with van der Waals surface area (Å²) in [5, 5.41) is 11.6. The van der Waals surface area contributed by atoms with Crippen LogP contribution in [0, 0.1) is 5.41 Å². The fourth-order valence-electron chi connectivity index (χ4n) is 2.51. The summed E-state index contributed by atoms with van der Waals surface area (Å²) in [6, 6.07) is 6.04. The Balaban J connectivity index is 2.49. The molecule has 0 aliphatic carbocycles. The highest BCUT2D eigenvalue weighted by Crippen LogP contribution is 2.28. The summed E-state index contributed by atoms with van der Waals surface area (Å²) in [6.07, 6.45) is 1.73. The number of pyridine rings is 1. The maximum Gasteiger partial charge on any atom is 0.262 e. The number of hydrogen-bond donors (Lipinski definition) is 3. The van der Waals surface area contributed by atoms with Gasteiger partial charge in [-0.1, -0.05) is 33.8 Å². The maximum absolute atomic E-state index is 11.3. The zero-order valence-electron chi connectivity index (χ0n) is 13.6. The van der Waals surface area contributed by atoms with Gasteiger partial charge in [-0.05, 0) is 30.4 Å². The second kappa shape index (κ2) is 6.36. The molecule has 22 heavy (non-hydrogen) atoms. The SMILES string of the molecule is CCc1cccc2nc(NCC(=O)NO)c(CC(C)(C)C)n12. The monoisotopic (exact) mass is 304 g/mol. The summed E-state index contributed by atoms with van der Waals surface area (Å²) >= 11 is 0. The minimum Gasteiger partial charge on any atom is -0.359 e. The normalized spacial score (nSPS) is 11.7. The lowest BCUT2D eigenvalue weighted by Gasteiger charge is -2.20. The third kappa shape index (κ3) is 3.57. The molecule has 3 N–H and O–H groups in total. The molecule has 6 nitrogen and oxygen atoms in total. The van der Waals surface area contributed by atoms with Crippen LogP contribution in [-0.2, 0) is 17.6 Å². The van der Waals surface area contributed by atoms with Crippen molar-refractivity contribution in [2.45, 2.75) is 40.5 Å². The number of aryl methyl sites for hydroxylation is 1. The molecular formula is C16H24N4O2. The number of hydrogen-bond acceptors (Lipinski definition) is 4. The summed E-state index contributed by atoms with van der Waals surface area (Å²) in [5.74, 6) is 0.203. The highest BCUT2D eigenvalue weighted by Gasteiger charge is 2.20. The lowest BCUT2D eigenvalue weighted by molar-refractivity contribution is -0.127. The Morgan fingerprint density at radius 1 is 1.36 bits per heavy atom. The largest absolute Gasteiger partial charge is 0.359 e. The molecule has 2 aromatic rings. The van der Waals surface area contributed by atoms with Gasteiger partial charge in [0.1, 0.15) is 11.5 Å². The highest BCUT2D eigenvalue weighted by molar-refractivity contribution is 5.79. The van der Waals surface area contributed by atoms with Crippen molar-refractivity contribution in [3.8, 4) is 0 Å². The van der Waals surface area contributed by atoms with E-state index in [2.05, 4.69) is 48.5 Å². The maximum atomic E-state index is 11.3. The van der Waals surface area contributed by atoms with Crippen molar-refractivity contribution in [3.63, 3.8) is 0 Å². The second-order valence-electron chi connectivity index (χ2n) is 6.60. The van der Waals surface area contributed by atoms with Crippen LogP contribution in [-0.4, -0.2) is 27.0 Å². The summed E-state index contributed by atoms with van der Waals surface area (Å²) < 4.78 is 2.16. The van der Waals surface area contributed by atoms with Crippen LogP contribution >= 0.6 is 0 Å². The molecule has 2 aromatic heterocycles. The molecule has 0 aliphatic rings. The van der Waals surface area contributed by atoms with Crippen molar-refractivity contribution in [1.82, 2.24) is 14.9 Å². The fourth-order valence-corrected chi connectivity index (χ4v) is 2.51. The van der Waals surface area contributed by atoms with Crippen LogP contribution < -0.4 is 10.8 Å². The van der Waals surface area contributed by atoms with Gasteiger partial charge in [0.25, 0.3) is 5.91 Å². The molecule has 6 heteroatoms. The Hall–Kier alpha value is -2.08. The molecule has 0 bridgehead atoms. The van der Waals surface area contributed by atoms with Gasteiger partial charge < -0.3 is 5.32 Å². The molecule has 0 radical (unpaired) electrons. The van der Waals surface area contributed by atoms with E-state index in [0.717, 1.165) is 24.2 Å². The lowest BCUT2D eigenvalue weighted by Crippen LogP contribution is -2.27. The average molecular weight is 304 g/mol. The fraction of sp³-hybridized carbons (Fsp3) is 0.500. The lowest BCUT2D eigenvalue weighted by atomic mass is 9.90. The standard InChI is InChI=1S/C16H24N4O2/c1-5-11-7-6-8-13-18-15(17-10-14(21)19-22)12(20(11)13)9-16(2,3)4/h6-8,17,22H,5,9-10H2,1-4H3,(H,19,21). The first-order valence-electron chi connectivity index (χ1n) is 7.51. The van der Waals surface area contributed by atoms with Crippen LogP contribution in [0.5, 0.6) is 0 Å². The number of carbonyl (C=O) groups is 1. The molecule has 0 fully saturated rings. The van der Waals surface area contributed by atoms with Gasteiger partial charge in [0.15, 0.2) is 0 Å². The van der Waals surface area contributed by atoms with E-state index >= 15 is 0 Å². The summed E-state index contributed by atoms with van der Waals surface area (Å²) in [5.41, 5.74) is 4.82. The predicted molar refractivity (Wildman–Crippen MR) is 86.1 cm³/mol. The third-order valence-corrected chi connectivity index (χ3v) is 3.42. The van der Waals surface area contributed by atoms with Gasteiger partial charge in [-0.3, -0.25) is 14.4 Å². The van der Waals surface area contributed by atoms with Crippen LogP contribution in [0.3, 0.4) is 0 Å². The van der Waals surface area contributed by atoms with Crippen LogP contribution in [0.25, 0.3) is 5.65 Å². The van der Waals surface area contributed by atoms with Gasteiger partial charge >= 0.3 is 0 Å². The van der Waals surface area contributed by atoms with Gasteiger partial charge in [0.2, 0.25) is 0 Å². The van der Waals surface area contributed by atoms with E-state index in [1.54, 1.807) is 5.48 Å². The molecule has 1 amide bonds. The van der Waals surface area contributed by atoms with E-state index in [1.807, 2.05) is 12.1 Å². The van der Waals surface area contributed by atoms with E-state index in [4.69, 9.17) is 5.21 Å². The van der Waals surface area contributed by atoms with E-state index in [1.165, 1.54) is 5.69 Å². The van der Waals surface area contributed by atoms with E-state index < -0.39 is 5.91 Å². The first-order valence-corrected chi connectivity index (χ1v) is 7.51. The smallest absolute Gasteiger partial charge is 0.262 e. The second-order valence-corrected chi connectivity index (χ2v) is 6.60. The van der Waals surface area contributed by atoms with Crippen LogP contribution in [0.2, 0.25) is 0 Å². The van der Waals surface area contributed by atoms with Crippen LogP contribution in [0.15, 0.2) is 18.2 Å². The Morgan fingerprint density at radius 3 is 2.68 bits per heavy atom. The topological polar surface area (TPSA) is 78.7 Å². The first kappa shape index (κ1) is 16.3. The van der Waals surface area contributed by atoms with Crippen LogP contribution in [0.1, 0.15) is 39.1 Å². The molecule has 2 heterocycles. The molecule has 0 unspecified atom stereocenters. The highest BCUT2D eigenvalue weighted by atomic mass is 16.5. The number of nitrogens with zero attached hydrogens (tertiary/aromatic N) is 2. The minimum absolute atomic E-state index is 0.0149. The molecule has 0 spiro atoms. The summed E-state index contributed by atoms with van der Waals surface area (Å²) in [4.78, 5) is 15.9. The van der Waals surface area contributed by atoms with Gasteiger partial charge in [-0.15, -0.1) is 0 Å². The van der Waals surface area contributed by atoms with Gasteiger partial charge in [0.05, 0.1) is 12.2 Å². The molecule has 0 aromatic carbocycles. The number of carbonyl (C=O) groups excluding carboxylic acids is 1. The number of nitrogens with one attached hydrogen (secondary N) is 2. The zero-order valence-corrected chi connectivity index (χ0v) is 13.6. The van der Waals surface area contributed by atoms with Gasteiger partial charge in [-0.2, -0.15) is 0 Å². The first-order chi connectivity index (χ1) is 10.4. The van der Waals surface area contributed by atoms with E-state index in [9.17, 15) is 4.79 Å². The summed E-state index contributed by atoms with van der Waals surface area (Å²) in [6.45, 7) is 8.61. The predicted octanol–water partition coefficient (Wildman–Crippen LogP) is 2.40. The molecular weight excluding hydrogens is 280 g/mol. The Bertz CT molecular complexity index is 671. The molecule has 0 saturated carbocycles. The molecule has 0 atom stereocenters. The average Bonchev–Trinajstić information content (AvgIpc) is 2.80. The Labute approximate surface area is 130 Å². The minimum atomic E-state index is -0.491. The number of fused-ring (bicyclic) bond motifs is 1. The number of amides is 1. The number of imidazole rings is 1. The van der Waals surface area contributed by atoms with Crippen molar-refractivity contribution >= 4 is 17.4 Å². The number of hydroxylamine groups is 1. The van der Waals surface area contributed by atoms with Crippen molar-refractivity contribution < 1.29 is 10.0 Å². The molecule has 2 rings (SSSR count). The zero-order chi connectivity index (χ0) is 16.3. The molecule has 0 aliphatic heterocycles. The van der Waals surface area contributed by atoms with E-state index in [-0.39, 0.29) is 12.0 Å². The third-order valence-electron chi connectivity index (χ3n) is 3.42. The Kier molecular flexibility index (Phi) is 4.71. The van der Waals surface area contributed by atoms with Gasteiger partial charge in [0, 0.05) is 5.69 Å². The number of anilines is 1. The Morgan fingerprint density at radius 2 is 2.09 bits per heavy atom. The summed E-state index contributed by atoms with van der Waals surface area (Å²) in [7, 11) is 0. The quantitative estimate of drug-likeness (QED) is 0.585. The molecule has 120 valence electrons. The molecule has 0 saturated heterocycles. The number of rotatable bonds is 5. The van der Waals surface area contributed by atoms with E-state index in [0.29, 0.717) is 5.82 Å². The van der Waals surface area contributed by atoms with Crippen molar-refractivity contribution in [1.29, 1.82) is 0 Å². The number of aromatic nitrogens is 2. The van der Waals surface area contributed by atoms with Crippen molar-refractivity contribution in [2.24, 2.45) is 5.41 Å². The van der Waals surface area contributed by atoms with Crippen LogP contribution in [0.4, 0.5) is 5.82 Å². The van der Waals surface area contributed by atoms with Gasteiger partial charge in [-0.25, -0.2) is 10.5 Å². The van der Waals surface area contributed by atoms with Crippen molar-refractivity contribution in [2.75, 3.05) is 11.9 Å². The van der Waals surface area contributed by atoms with Crippen molar-refractivity contribution in [3.05, 3.63) is 29.6 Å².